The van der Waals surface area contributed by atoms with Gasteiger partial charge in [-0.2, -0.15) is 0 Å². The van der Waals surface area contributed by atoms with Crippen LogP contribution >= 0.6 is 15.9 Å². The van der Waals surface area contributed by atoms with Gasteiger partial charge in [0.1, 0.15) is 11.2 Å². The normalized spacial score (nSPS) is 16.5. The summed E-state index contributed by atoms with van der Waals surface area (Å²) in [6, 6.07) is 0. The van der Waals surface area contributed by atoms with E-state index in [-0.39, 0.29) is 12.2 Å². The second-order valence-electron chi connectivity index (χ2n) is 2.68. The quantitative estimate of drug-likeness (QED) is 0.444. The first-order valence-corrected chi connectivity index (χ1v) is 5.08. The molecule has 6 nitrogen and oxygen atoms in total. The maximum atomic E-state index is 10.7. The number of ether oxygens (including phenoxy) is 1. The summed E-state index contributed by atoms with van der Waals surface area (Å²) in [6.07, 6.45) is 1.36. The van der Waals surface area contributed by atoms with Gasteiger partial charge in [0, 0.05) is 0 Å². The lowest BCUT2D eigenvalue weighted by molar-refractivity contribution is -0.423. The Hall–Kier alpha value is -1.08. The molecule has 0 aromatic carbocycles. The number of nitrogens with zero attached hydrogens (tertiary/aromatic N) is 2. The molecule has 0 N–H and O–H groups in total. The van der Waals surface area contributed by atoms with Gasteiger partial charge in [0.15, 0.2) is 5.76 Å². The summed E-state index contributed by atoms with van der Waals surface area (Å²) in [4.78, 5) is 15.2. The zero-order valence-corrected chi connectivity index (χ0v) is 9.98. The number of hydrogen-bond donors (Lipinski definition) is 0. The molecule has 0 fully saturated rings. The molecule has 1 rings (SSSR count). The average molecular weight is 279 g/mol. The highest BCUT2D eigenvalue weighted by Gasteiger charge is 2.27. The summed E-state index contributed by atoms with van der Waals surface area (Å²) in [5.41, 5.74) is -0.0444. The molecular formula is C8H11BrN2O4. The Balaban J connectivity index is 3.00. The lowest BCUT2D eigenvalue weighted by Crippen LogP contribution is -2.28. The van der Waals surface area contributed by atoms with E-state index in [9.17, 15) is 10.1 Å². The Morgan fingerprint density at radius 3 is 2.87 bits per heavy atom. The van der Waals surface area contributed by atoms with Crippen LogP contribution in [-0.2, 0) is 9.57 Å². The molecule has 15 heavy (non-hydrogen) atoms. The third-order valence-electron chi connectivity index (χ3n) is 1.80. The van der Waals surface area contributed by atoms with E-state index in [1.807, 2.05) is 0 Å². The van der Waals surface area contributed by atoms with E-state index in [1.54, 1.807) is 6.92 Å². The fourth-order valence-electron chi connectivity index (χ4n) is 1.15. The van der Waals surface area contributed by atoms with Gasteiger partial charge in [-0.05, 0) is 22.9 Å². The van der Waals surface area contributed by atoms with Crippen LogP contribution in [0.3, 0.4) is 0 Å². The molecule has 0 unspecified atom stereocenters. The van der Waals surface area contributed by atoms with Crippen LogP contribution < -0.4 is 0 Å². The second kappa shape index (κ2) is 5.13. The lowest BCUT2D eigenvalue weighted by atomic mass is 10.3. The van der Waals surface area contributed by atoms with Crippen molar-refractivity contribution in [2.24, 2.45) is 0 Å². The minimum atomic E-state index is -0.473. The van der Waals surface area contributed by atoms with Gasteiger partial charge < -0.3 is 4.74 Å². The van der Waals surface area contributed by atoms with Crippen LogP contribution in [0.25, 0.3) is 0 Å². The van der Waals surface area contributed by atoms with Gasteiger partial charge >= 0.3 is 5.70 Å². The largest absolute Gasteiger partial charge is 0.489 e. The molecule has 0 radical (unpaired) electrons. The zero-order chi connectivity index (χ0) is 11.4. The van der Waals surface area contributed by atoms with Crippen LogP contribution in [0.4, 0.5) is 0 Å². The number of rotatable bonds is 4. The molecule has 0 aromatic rings. The number of halogens is 1. The fraction of sp³-hybridized carbons (Fsp3) is 0.500. The fourth-order valence-corrected chi connectivity index (χ4v) is 1.64. The Kier molecular flexibility index (Phi) is 4.10. The SMILES string of the molecule is CCOC1=C([N+](=O)[O-])C=C(Br)N(OC)C1. The van der Waals surface area contributed by atoms with Crippen molar-refractivity contribution < 1.29 is 14.5 Å². The molecule has 0 saturated heterocycles. The average Bonchev–Trinajstić information content (AvgIpc) is 2.20. The maximum Gasteiger partial charge on any atom is 0.311 e. The van der Waals surface area contributed by atoms with E-state index in [0.717, 1.165) is 0 Å². The number of hydroxylamine groups is 2. The van der Waals surface area contributed by atoms with E-state index in [0.29, 0.717) is 17.0 Å². The molecule has 84 valence electrons. The van der Waals surface area contributed by atoms with Crippen molar-refractivity contribution in [1.29, 1.82) is 0 Å². The second-order valence-corrected chi connectivity index (χ2v) is 3.50. The van der Waals surface area contributed by atoms with Crippen molar-refractivity contribution in [3.63, 3.8) is 0 Å². The predicted octanol–water partition coefficient (Wildman–Crippen LogP) is 1.62. The van der Waals surface area contributed by atoms with E-state index >= 15 is 0 Å². The van der Waals surface area contributed by atoms with E-state index < -0.39 is 4.92 Å². The Morgan fingerprint density at radius 1 is 1.73 bits per heavy atom. The Morgan fingerprint density at radius 2 is 2.40 bits per heavy atom. The summed E-state index contributed by atoms with van der Waals surface area (Å²) in [5.74, 6) is 0.299. The first-order chi connectivity index (χ1) is 7.10. The van der Waals surface area contributed by atoms with Crippen LogP contribution in [0.5, 0.6) is 0 Å². The standard InChI is InChI=1S/C8H11BrN2O4/c1-3-15-7-5-10(14-2)8(9)4-6(7)11(12)13/h4H,3,5H2,1-2H3. The summed E-state index contributed by atoms with van der Waals surface area (Å²) in [7, 11) is 1.48. The summed E-state index contributed by atoms with van der Waals surface area (Å²) in [6.45, 7) is 2.38. The van der Waals surface area contributed by atoms with Crippen LogP contribution in [0.2, 0.25) is 0 Å². The summed E-state index contributed by atoms with van der Waals surface area (Å²) in [5, 5.41) is 12.2. The van der Waals surface area contributed by atoms with Crippen LogP contribution in [0, 0.1) is 10.1 Å². The van der Waals surface area contributed by atoms with Gasteiger partial charge in [-0.15, -0.1) is 0 Å². The van der Waals surface area contributed by atoms with Gasteiger partial charge in [-0.1, -0.05) is 0 Å². The molecule has 0 spiro atoms. The monoisotopic (exact) mass is 278 g/mol. The van der Waals surface area contributed by atoms with Crippen molar-refractivity contribution in [2.45, 2.75) is 6.92 Å². The summed E-state index contributed by atoms with van der Waals surface area (Å²) < 4.78 is 5.69. The van der Waals surface area contributed by atoms with Crippen molar-refractivity contribution in [3.8, 4) is 0 Å². The zero-order valence-electron chi connectivity index (χ0n) is 8.40. The van der Waals surface area contributed by atoms with Crippen molar-refractivity contribution in [3.05, 3.63) is 32.3 Å². The van der Waals surface area contributed by atoms with Crippen LogP contribution in [-0.4, -0.2) is 30.2 Å². The van der Waals surface area contributed by atoms with Gasteiger partial charge in [0.25, 0.3) is 0 Å². The van der Waals surface area contributed by atoms with Crippen LogP contribution in [0.1, 0.15) is 6.92 Å². The van der Waals surface area contributed by atoms with Crippen molar-refractivity contribution in [1.82, 2.24) is 5.06 Å². The van der Waals surface area contributed by atoms with Gasteiger partial charge in [-0.25, -0.2) is 5.06 Å². The van der Waals surface area contributed by atoms with Gasteiger partial charge in [0.05, 0.1) is 24.7 Å². The van der Waals surface area contributed by atoms with Gasteiger partial charge in [0.2, 0.25) is 0 Å². The van der Waals surface area contributed by atoms with Gasteiger partial charge in [-0.3, -0.25) is 15.0 Å². The molecule has 0 bridgehead atoms. The molecule has 1 aliphatic heterocycles. The molecule has 0 aliphatic carbocycles. The lowest BCUT2D eigenvalue weighted by Gasteiger charge is -2.24. The molecule has 7 heteroatoms. The highest BCUT2D eigenvalue weighted by Crippen LogP contribution is 2.25. The first kappa shape index (κ1) is 12.0. The third kappa shape index (κ3) is 2.69. The van der Waals surface area contributed by atoms with Crippen LogP contribution in [0.15, 0.2) is 22.1 Å². The predicted molar refractivity (Wildman–Crippen MR) is 56.4 cm³/mol. The summed E-state index contributed by atoms with van der Waals surface area (Å²) >= 11 is 3.17. The number of allylic oxidation sites excluding steroid dienone is 1. The number of nitro groups is 1. The Bertz CT molecular complexity index is 327. The van der Waals surface area contributed by atoms with E-state index in [1.165, 1.54) is 18.2 Å². The van der Waals surface area contributed by atoms with E-state index in [4.69, 9.17) is 9.57 Å². The molecule has 1 heterocycles. The first-order valence-electron chi connectivity index (χ1n) is 4.29. The maximum absolute atomic E-state index is 10.7. The Labute approximate surface area is 95.4 Å². The van der Waals surface area contributed by atoms with E-state index in [2.05, 4.69) is 15.9 Å². The minimum absolute atomic E-state index is 0.0444. The molecule has 0 saturated carbocycles. The smallest absolute Gasteiger partial charge is 0.311 e. The molecular weight excluding hydrogens is 268 g/mol. The third-order valence-corrected chi connectivity index (χ3v) is 2.43. The molecule has 1 aliphatic rings. The molecule has 0 amide bonds. The molecule has 0 atom stereocenters. The topological polar surface area (TPSA) is 64.8 Å². The number of hydrogen-bond acceptors (Lipinski definition) is 5. The highest BCUT2D eigenvalue weighted by molar-refractivity contribution is 9.11. The minimum Gasteiger partial charge on any atom is -0.489 e. The van der Waals surface area contributed by atoms with Crippen molar-refractivity contribution >= 4 is 15.9 Å². The highest BCUT2D eigenvalue weighted by atomic mass is 79.9. The molecule has 0 aromatic heterocycles. The van der Waals surface area contributed by atoms with Crippen molar-refractivity contribution in [2.75, 3.05) is 20.3 Å².